The van der Waals surface area contributed by atoms with E-state index in [2.05, 4.69) is 15.5 Å². The maximum Gasteiger partial charge on any atom is 0.150 e. The second-order valence-electron chi connectivity index (χ2n) is 3.63. The van der Waals surface area contributed by atoms with Crippen molar-refractivity contribution < 1.29 is 4.79 Å². The first kappa shape index (κ1) is 12.0. The number of aromatic nitrogens is 1. The minimum atomic E-state index is 0.607. The highest BCUT2D eigenvalue weighted by atomic mass is 16.1. The molecule has 0 saturated heterocycles. The molecule has 0 unspecified atom stereocenters. The van der Waals surface area contributed by atoms with Gasteiger partial charge in [0.05, 0.1) is 5.71 Å². The van der Waals surface area contributed by atoms with Crippen molar-refractivity contribution in [3.63, 3.8) is 0 Å². The van der Waals surface area contributed by atoms with E-state index < -0.39 is 0 Å². The maximum atomic E-state index is 11.1. The predicted octanol–water partition coefficient (Wildman–Crippen LogP) is 1.87. The first-order valence-electron chi connectivity index (χ1n) is 5.56. The average Bonchev–Trinajstić information content (AvgIpc) is 2.46. The fraction of sp³-hybridized carbons (Fsp3) is 0.0714. The van der Waals surface area contributed by atoms with Gasteiger partial charge in [0.1, 0.15) is 0 Å². The van der Waals surface area contributed by atoms with Gasteiger partial charge in [0, 0.05) is 36.1 Å². The van der Waals surface area contributed by atoms with Gasteiger partial charge in [-0.05, 0) is 12.1 Å². The minimum absolute atomic E-state index is 0.607. The lowest BCUT2D eigenvalue weighted by Gasteiger charge is -2.08. The summed E-state index contributed by atoms with van der Waals surface area (Å²) in [6.45, 7) is 0. The molecule has 1 aromatic heterocycles. The Morgan fingerprint density at radius 2 is 2.11 bits per heavy atom. The van der Waals surface area contributed by atoms with Gasteiger partial charge in [0.2, 0.25) is 0 Å². The molecule has 0 aliphatic heterocycles. The van der Waals surface area contributed by atoms with Crippen molar-refractivity contribution in [3.8, 4) is 0 Å². The van der Waals surface area contributed by atoms with Gasteiger partial charge in [0.15, 0.2) is 6.29 Å². The molecule has 0 saturated carbocycles. The van der Waals surface area contributed by atoms with Crippen LogP contribution in [0.5, 0.6) is 0 Å². The standard InChI is InChI=1S/C14H13N3O/c1-15-17-14(11-6-4-8-16-9-11)13-7-3-2-5-12(13)10-18/h2-10,15H,1H3/b17-14-. The van der Waals surface area contributed by atoms with E-state index in [9.17, 15) is 4.79 Å². The molecule has 1 heterocycles. The first-order chi connectivity index (χ1) is 8.86. The number of benzene rings is 1. The van der Waals surface area contributed by atoms with Crippen LogP contribution in [0.25, 0.3) is 0 Å². The summed E-state index contributed by atoms with van der Waals surface area (Å²) in [6.07, 6.45) is 4.25. The van der Waals surface area contributed by atoms with E-state index in [-0.39, 0.29) is 0 Å². The van der Waals surface area contributed by atoms with Crippen LogP contribution in [0.4, 0.5) is 0 Å². The number of hydrogen-bond acceptors (Lipinski definition) is 4. The molecule has 0 spiro atoms. The SMILES string of the molecule is CN/N=C(/c1cccnc1)c1ccccc1C=O. The zero-order valence-electron chi connectivity index (χ0n) is 10.00. The van der Waals surface area contributed by atoms with Crippen molar-refractivity contribution in [1.82, 2.24) is 10.4 Å². The lowest BCUT2D eigenvalue weighted by Crippen LogP contribution is -2.11. The molecule has 1 aromatic carbocycles. The summed E-state index contributed by atoms with van der Waals surface area (Å²) >= 11 is 0. The zero-order chi connectivity index (χ0) is 12.8. The number of carbonyl (C=O) groups is 1. The summed E-state index contributed by atoms with van der Waals surface area (Å²) in [5, 5.41) is 4.24. The summed E-state index contributed by atoms with van der Waals surface area (Å²) in [5.41, 5.74) is 5.72. The van der Waals surface area contributed by atoms with Gasteiger partial charge < -0.3 is 5.43 Å². The highest BCUT2D eigenvalue weighted by Crippen LogP contribution is 2.13. The van der Waals surface area contributed by atoms with E-state index in [1.54, 1.807) is 25.5 Å². The van der Waals surface area contributed by atoms with E-state index in [0.29, 0.717) is 11.3 Å². The summed E-state index contributed by atoms with van der Waals surface area (Å²) in [5.74, 6) is 0. The third kappa shape index (κ3) is 2.43. The van der Waals surface area contributed by atoms with Crippen LogP contribution in [0.3, 0.4) is 0 Å². The highest BCUT2D eigenvalue weighted by molar-refractivity contribution is 6.15. The van der Waals surface area contributed by atoms with Crippen LogP contribution in [0.1, 0.15) is 21.5 Å². The molecule has 0 aliphatic carbocycles. The molecule has 18 heavy (non-hydrogen) atoms. The van der Waals surface area contributed by atoms with Crippen LogP contribution < -0.4 is 5.43 Å². The van der Waals surface area contributed by atoms with Crippen LogP contribution in [-0.2, 0) is 0 Å². The first-order valence-corrected chi connectivity index (χ1v) is 5.56. The Hall–Kier alpha value is -2.49. The zero-order valence-corrected chi connectivity index (χ0v) is 10.00. The molecule has 0 atom stereocenters. The Morgan fingerprint density at radius 1 is 1.28 bits per heavy atom. The Balaban J connectivity index is 2.56. The van der Waals surface area contributed by atoms with Gasteiger partial charge in [-0.2, -0.15) is 5.10 Å². The molecule has 1 N–H and O–H groups in total. The van der Waals surface area contributed by atoms with Gasteiger partial charge in [-0.15, -0.1) is 0 Å². The van der Waals surface area contributed by atoms with E-state index in [1.807, 2.05) is 30.3 Å². The predicted molar refractivity (Wildman–Crippen MR) is 70.8 cm³/mol. The molecular weight excluding hydrogens is 226 g/mol. The Labute approximate surface area is 105 Å². The van der Waals surface area contributed by atoms with Crippen molar-refractivity contribution >= 4 is 12.0 Å². The number of hydrazone groups is 1. The topological polar surface area (TPSA) is 54.4 Å². The van der Waals surface area contributed by atoms with E-state index >= 15 is 0 Å². The van der Waals surface area contributed by atoms with Crippen LogP contribution in [0, 0.1) is 0 Å². The number of hydrogen-bond donors (Lipinski definition) is 1. The molecule has 90 valence electrons. The molecule has 4 nitrogen and oxygen atoms in total. The second kappa shape index (κ2) is 5.72. The average molecular weight is 239 g/mol. The van der Waals surface area contributed by atoms with Crippen molar-refractivity contribution in [3.05, 3.63) is 65.5 Å². The third-order valence-corrected chi connectivity index (χ3v) is 2.50. The summed E-state index contributed by atoms with van der Waals surface area (Å²) in [6, 6.07) is 11.1. The molecular formula is C14H13N3O. The fourth-order valence-electron chi connectivity index (χ4n) is 1.71. The van der Waals surface area contributed by atoms with Crippen molar-refractivity contribution in [1.29, 1.82) is 0 Å². The lowest BCUT2D eigenvalue weighted by atomic mass is 9.99. The Bertz CT molecular complexity index is 564. The number of nitrogens with zero attached hydrogens (tertiary/aromatic N) is 2. The van der Waals surface area contributed by atoms with Gasteiger partial charge in [0.25, 0.3) is 0 Å². The lowest BCUT2D eigenvalue weighted by molar-refractivity contribution is 0.112. The van der Waals surface area contributed by atoms with Crippen molar-refractivity contribution in [2.24, 2.45) is 5.10 Å². The summed E-state index contributed by atoms with van der Waals surface area (Å²) < 4.78 is 0. The number of rotatable bonds is 4. The highest BCUT2D eigenvalue weighted by Gasteiger charge is 2.11. The summed E-state index contributed by atoms with van der Waals surface area (Å²) in [7, 11) is 1.72. The van der Waals surface area contributed by atoms with Crippen LogP contribution in [0.15, 0.2) is 53.9 Å². The number of nitrogens with one attached hydrogen (secondary N) is 1. The van der Waals surface area contributed by atoms with E-state index in [0.717, 1.165) is 17.4 Å². The smallest absolute Gasteiger partial charge is 0.150 e. The Kier molecular flexibility index (Phi) is 3.81. The number of carbonyl (C=O) groups excluding carboxylic acids is 1. The quantitative estimate of drug-likeness (QED) is 0.503. The van der Waals surface area contributed by atoms with Crippen LogP contribution in [0.2, 0.25) is 0 Å². The van der Waals surface area contributed by atoms with Gasteiger partial charge in [-0.3, -0.25) is 9.78 Å². The molecule has 2 aromatic rings. The molecule has 4 heteroatoms. The van der Waals surface area contributed by atoms with Crippen LogP contribution in [-0.4, -0.2) is 24.0 Å². The largest absolute Gasteiger partial charge is 0.313 e. The Morgan fingerprint density at radius 3 is 2.78 bits per heavy atom. The third-order valence-electron chi connectivity index (χ3n) is 2.50. The van der Waals surface area contributed by atoms with E-state index in [4.69, 9.17) is 0 Å². The summed E-state index contributed by atoms with van der Waals surface area (Å²) in [4.78, 5) is 15.1. The number of aldehydes is 1. The van der Waals surface area contributed by atoms with E-state index in [1.165, 1.54) is 0 Å². The fourth-order valence-corrected chi connectivity index (χ4v) is 1.71. The molecule has 0 aliphatic rings. The molecule has 0 fully saturated rings. The van der Waals surface area contributed by atoms with Crippen molar-refractivity contribution in [2.45, 2.75) is 0 Å². The normalized spacial score (nSPS) is 11.1. The molecule has 2 rings (SSSR count). The van der Waals surface area contributed by atoms with Crippen LogP contribution >= 0.6 is 0 Å². The van der Waals surface area contributed by atoms with Gasteiger partial charge in [-0.1, -0.05) is 24.3 Å². The van der Waals surface area contributed by atoms with Gasteiger partial charge in [-0.25, -0.2) is 0 Å². The number of pyridine rings is 1. The molecule has 0 amide bonds. The molecule has 0 bridgehead atoms. The maximum absolute atomic E-state index is 11.1. The second-order valence-corrected chi connectivity index (χ2v) is 3.63. The monoisotopic (exact) mass is 239 g/mol. The van der Waals surface area contributed by atoms with Gasteiger partial charge >= 0.3 is 0 Å². The minimum Gasteiger partial charge on any atom is -0.313 e. The molecule has 0 radical (unpaired) electrons. The van der Waals surface area contributed by atoms with Crippen molar-refractivity contribution in [2.75, 3.05) is 7.05 Å².